The summed E-state index contributed by atoms with van der Waals surface area (Å²) in [5.41, 5.74) is 2.62. The number of carbonyl (C=O) groups excluding carboxylic acids is 2. The zero-order valence-corrected chi connectivity index (χ0v) is 14.3. The van der Waals surface area contributed by atoms with Crippen LogP contribution < -0.4 is 5.32 Å². The van der Waals surface area contributed by atoms with Crippen molar-refractivity contribution in [3.05, 3.63) is 113 Å². The van der Waals surface area contributed by atoms with Gasteiger partial charge in [0.2, 0.25) is 0 Å². The van der Waals surface area contributed by atoms with Gasteiger partial charge < -0.3 is 5.32 Å². The largest absolute Gasteiger partial charge is 0.348 e. The monoisotopic (exact) mass is 341 g/mol. The third-order valence-corrected chi connectivity index (χ3v) is 3.94. The Kier molecular flexibility index (Phi) is 5.73. The van der Waals surface area contributed by atoms with Gasteiger partial charge in [-0.1, -0.05) is 78.9 Å². The van der Waals surface area contributed by atoms with Gasteiger partial charge >= 0.3 is 0 Å². The first-order valence-electron chi connectivity index (χ1n) is 8.42. The number of ketones is 1. The van der Waals surface area contributed by atoms with Crippen molar-refractivity contribution in [1.29, 1.82) is 0 Å². The Balaban J connectivity index is 1.83. The van der Waals surface area contributed by atoms with E-state index in [9.17, 15) is 9.59 Å². The molecule has 3 heteroatoms. The number of rotatable bonds is 6. The number of Topliss-reactive ketones (excluding diaryl/α,β-unsaturated/α-hetero) is 1. The molecule has 0 aliphatic rings. The molecule has 0 atom stereocenters. The van der Waals surface area contributed by atoms with E-state index in [1.807, 2.05) is 72.8 Å². The van der Waals surface area contributed by atoms with Gasteiger partial charge in [0.1, 0.15) is 0 Å². The highest BCUT2D eigenvalue weighted by molar-refractivity contribution is 6.12. The lowest BCUT2D eigenvalue weighted by molar-refractivity contribution is 0.0955. The van der Waals surface area contributed by atoms with Crippen molar-refractivity contribution in [1.82, 2.24) is 5.32 Å². The lowest BCUT2D eigenvalue weighted by Crippen LogP contribution is -2.27. The lowest BCUT2D eigenvalue weighted by Gasteiger charge is -2.10. The van der Waals surface area contributed by atoms with Gasteiger partial charge in [-0.05, 0) is 23.8 Å². The molecule has 0 saturated heterocycles. The molecule has 3 nitrogen and oxygen atoms in total. The molecule has 26 heavy (non-hydrogen) atoms. The minimum atomic E-state index is -0.203. The van der Waals surface area contributed by atoms with Crippen molar-refractivity contribution in [2.45, 2.75) is 0 Å². The van der Waals surface area contributed by atoms with Crippen LogP contribution in [0, 0.1) is 0 Å². The summed E-state index contributed by atoms with van der Waals surface area (Å²) in [7, 11) is 0. The first-order chi connectivity index (χ1) is 12.7. The Labute approximate surface area is 153 Å². The fraction of sp³-hybridized carbons (Fsp3) is 0.0435. The molecule has 1 amide bonds. The van der Waals surface area contributed by atoms with E-state index < -0.39 is 0 Å². The maximum absolute atomic E-state index is 12.9. The quantitative estimate of drug-likeness (QED) is 0.534. The fourth-order valence-corrected chi connectivity index (χ4v) is 2.59. The number of hydrogen-bond donors (Lipinski definition) is 1. The summed E-state index contributed by atoms with van der Waals surface area (Å²) in [5, 5.41) is 2.84. The van der Waals surface area contributed by atoms with E-state index in [2.05, 4.69) is 5.32 Å². The van der Waals surface area contributed by atoms with Gasteiger partial charge in [0.15, 0.2) is 5.78 Å². The van der Waals surface area contributed by atoms with Crippen LogP contribution in [-0.4, -0.2) is 18.2 Å². The van der Waals surface area contributed by atoms with E-state index in [0.717, 1.165) is 5.56 Å². The summed E-state index contributed by atoms with van der Waals surface area (Å²) in [6.45, 7) is 0.163. The van der Waals surface area contributed by atoms with E-state index in [-0.39, 0.29) is 18.2 Å². The molecule has 128 valence electrons. The number of benzene rings is 3. The number of hydrogen-bond acceptors (Lipinski definition) is 2. The Morgan fingerprint density at radius 1 is 0.692 bits per heavy atom. The van der Waals surface area contributed by atoms with E-state index >= 15 is 0 Å². The van der Waals surface area contributed by atoms with Crippen molar-refractivity contribution in [3.63, 3.8) is 0 Å². The topological polar surface area (TPSA) is 46.2 Å². The van der Waals surface area contributed by atoms with Crippen LogP contribution in [-0.2, 0) is 0 Å². The van der Waals surface area contributed by atoms with E-state index in [1.165, 1.54) is 0 Å². The molecule has 3 rings (SSSR count). The molecule has 0 spiro atoms. The van der Waals surface area contributed by atoms with Gasteiger partial charge in [-0.3, -0.25) is 9.59 Å². The standard InChI is InChI=1S/C23H19NO2/c25-22(19-12-6-2-7-13-19)21(16-18-10-4-1-5-11-18)17-24-23(26)20-14-8-3-9-15-20/h1-16H,17H2,(H,24,26)/b21-16+. The Hall–Kier alpha value is -3.46. The van der Waals surface area contributed by atoms with Crippen LogP contribution in [0.5, 0.6) is 0 Å². The fourth-order valence-electron chi connectivity index (χ4n) is 2.59. The van der Waals surface area contributed by atoms with Crippen molar-refractivity contribution in [2.75, 3.05) is 6.54 Å². The number of carbonyl (C=O) groups is 2. The predicted molar refractivity (Wildman–Crippen MR) is 104 cm³/mol. The van der Waals surface area contributed by atoms with Crippen LogP contribution in [0.1, 0.15) is 26.3 Å². The number of nitrogens with one attached hydrogen (secondary N) is 1. The zero-order chi connectivity index (χ0) is 18.2. The van der Waals surface area contributed by atoms with Crippen LogP contribution in [0.3, 0.4) is 0 Å². The van der Waals surface area contributed by atoms with Gasteiger partial charge in [0.05, 0.1) is 0 Å². The highest BCUT2D eigenvalue weighted by atomic mass is 16.1. The summed E-state index contributed by atoms with van der Waals surface area (Å²) in [4.78, 5) is 25.2. The average Bonchev–Trinajstić information content (AvgIpc) is 2.72. The highest BCUT2D eigenvalue weighted by Crippen LogP contribution is 2.13. The molecular weight excluding hydrogens is 322 g/mol. The first-order valence-corrected chi connectivity index (χ1v) is 8.42. The molecule has 0 saturated carbocycles. The summed E-state index contributed by atoms with van der Waals surface area (Å²) in [5.74, 6) is -0.298. The third-order valence-electron chi connectivity index (χ3n) is 3.94. The Morgan fingerprint density at radius 2 is 1.19 bits per heavy atom. The van der Waals surface area contributed by atoms with Gasteiger partial charge in [-0.25, -0.2) is 0 Å². The second-order valence-electron chi connectivity index (χ2n) is 5.82. The Morgan fingerprint density at radius 3 is 1.77 bits per heavy atom. The zero-order valence-electron chi connectivity index (χ0n) is 14.3. The molecule has 0 heterocycles. The molecule has 0 aliphatic carbocycles. The second kappa shape index (κ2) is 8.58. The second-order valence-corrected chi connectivity index (χ2v) is 5.82. The summed E-state index contributed by atoms with van der Waals surface area (Å²) >= 11 is 0. The van der Waals surface area contributed by atoms with Crippen molar-refractivity contribution in [3.8, 4) is 0 Å². The minimum absolute atomic E-state index is 0.0946. The molecular formula is C23H19NO2. The normalized spacial score (nSPS) is 11.0. The van der Waals surface area contributed by atoms with Crippen LogP contribution >= 0.6 is 0 Å². The van der Waals surface area contributed by atoms with Crippen LogP contribution in [0.25, 0.3) is 6.08 Å². The summed E-state index contributed by atoms with van der Waals surface area (Å²) in [6.07, 6.45) is 1.82. The minimum Gasteiger partial charge on any atom is -0.348 e. The van der Waals surface area contributed by atoms with Crippen molar-refractivity contribution < 1.29 is 9.59 Å². The van der Waals surface area contributed by atoms with E-state index in [1.54, 1.807) is 24.3 Å². The smallest absolute Gasteiger partial charge is 0.251 e. The molecule has 3 aromatic rings. The summed E-state index contributed by atoms with van der Waals surface area (Å²) in [6, 6.07) is 27.7. The maximum Gasteiger partial charge on any atom is 0.251 e. The lowest BCUT2D eigenvalue weighted by atomic mass is 10.0. The SMILES string of the molecule is O=C(NC/C(=C\c1ccccc1)C(=O)c1ccccc1)c1ccccc1. The molecule has 0 radical (unpaired) electrons. The van der Waals surface area contributed by atoms with Crippen LogP contribution in [0.15, 0.2) is 96.6 Å². The van der Waals surface area contributed by atoms with Gasteiger partial charge in [-0.15, -0.1) is 0 Å². The predicted octanol–water partition coefficient (Wildman–Crippen LogP) is 4.38. The molecule has 0 aliphatic heterocycles. The third kappa shape index (κ3) is 4.54. The van der Waals surface area contributed by atoms with Crippen LogP contribution in [0.2, 0.25) is 0 Å². The number of amides is 1. The van der Waals surface area contributed by atoms with Gasteiger partial charge in [-0.2, -0.15) is 0 Å². The highest BCUT2D eigenvalue weighted by Gasteiger charge is 2.14. The van der Waals surface area contributed by atoms with Crippen molar-refractivity contribution in [2.24, 2.45) is 0 Å². The maximum atomic E-state index is 12.9. The van der Waals surface area contributed by atoms with E-state index in [4.69, 9.17) is 0 Å². The molecule has 3 aromatic carbocycles. The molecule has 0 fully saturated rings. The van der Waals surface area contributed by atoms with Gasteiger partial charge in [0, 0.05) is 23.2 Å². The van der Waals surface area contributed by atoms with Crippen molar-refractivity contribution >= 4 is 17.8 Å². The van der Waals surface area contributed by atoms with Crippen LogP contribution in [0.4, 0.5) is 0 Å². The molecule has 1 N–H and O–H groups in total. The molecule has 0 aromatic heterocycles. The first kappa shape index (κ1) is 17.4. The van der Waals surface area contributed by atoms with E-state index in [0.29, 0.717) is 16.7 Å². The average molecular weight is 341 g/mol. The summed E-state index contributed by atoms with van der Waals surface area (Å²) < 4.78 is 0. The Bertz CT molecular complexity index is 901. The molecule has 0 bridgehead atoms. The molecule has 0 unspecified atom stereocenters. The van der Waals surface area contributed by atoms with Gasteiger partial charge in [0.25, 0.3) is 5.91 Å².